The lowest BCUT2D eigenvalue weighted by atomic mass is 10.3. The summed E-state index contributed by atoms with van der Waals surface area (Å²) in [6, 6.07) is 3.98. The molecule has 1 aromatic heterocycles. The maximum atomic E-state index is 11.8. The molecule has 2 unspecified atom stereocenters. The SMILES string of the molecule is C#CCNCC(=O)N(C)Cc1ccc(C2CC2C)o1. The molecule has 1 aliphatic carbocycles. The molecule has 0 aromatic carbocycles. The van der Waals surface area contributed by atoms with Gasteiger partial charge in [0.25, 0.3) is 0 Å². The van der Waals surface area contributed by atoms with E-state index < -0.39 is 0 Å². The van der Waals surface area contributed by atoms with Crippen LogP contribution in [-0.4, -0.2) is 30.9 Å². The van der Waals surface area contributed by atoms with Crippen LogP contribution in [0.5, 0.6) is 0 Å². The van der Waals surface area contributed by atoms with Gasteiger partial charge in [-0.3, -0.25) is 10.1 Å². The summed E-state index contributed by atoms with van der Waals surface area (Å²) in [6.07, 6.45) is 6.32. The Kier molecular flexibility index (Phi) is 4.28. The van der Waals surface area contributed by atoms with Crippen molar-refractivity contribution in [1.29, 1.82) is 0 Å². The van der Waals surface area contributed by atoms with Crippen LogP contribution in [0.1, 0.15) is 30.8 Å². The second-order valence-corrected chi connectivity index (χ2v) is 5.18. The lowest BCUT2D eigenvalue weighted by Crippen LogP contribution is -2.35. The fourth-order valence-corrected chi connectivity index (χ4v) is 2.10. The Balaban J connectivity index is 1.81. The third kappa shape index (κ3) is 3.62. The predicted molar refractivity (Wildman–Crippen MR) is 73.4 cm³/mol. The van der Waals surface area contributed by atoms with Crippen molar-refractivity contribution in [2.75, 3.05) is 20.1 Å². The fraction of sp³-hybridized carbons (Fsp3) is 0.533. The van der Waals surface area contributed by atoms with Crippen LogP contribution >= 0.6 is 0 Å². The monoisotopic (exact) mass is 260 g/mol. The molecule has 1 N–H and O–H groups in total. The number of furan rings is 1. The number of rotatable bonds is 6. The van der Waals surface area contributed by atoms with Gasteiger partial charge in [0, 0.05) is 13.0 Å². The molecule has 1 aliphatic rings. The molecule has 1 aromatic rings. The highest BCUT2D eigenvalue weighted by Gasteiger charge is 2.36. The first kappa shape index (κ1) is 13.7. The summed E-state index contributed by atoms with van der Waals surface area (Å²) in [7, 11) is 1.77. The molecule has 1 amide bonds. The average molecular weight is 260 g/mol. The molecular formula is C15H20N2O2. The van der Waals surface area contributed by atoms with Crippen LogP contribution in [0, 0.1) is 18.3 Å². The van der Waals surface area contributed by atoms with E-state index in [1.54, 1.807) is 11.9 Å². The number of hydrogen-bond donors (Lipinski definition) is 1. The van der Waals surface area contributed by atoms with Gasteiger partial charge in [0.1, 0.15) is 11.5 Å². The molecule has 2 atom stereocenters. The van der Waals surface area contributed by atoms with Crippen LogP contribution < -0.4 is 5.32 Å². The van der Waals surface area contributed by atoms with Crippen molar-refractivity contribution < 1.29 is 9.21 Å². The van der Waals surface area contributed by atoms with Gasteiger partial charge in [-0.05, 0) is 24.5 Å². The van der Waals surface area contributed by atoms with Crippen LogP contribution in [0.15, 0.2) is 16.5 Å². The number of hydrogen-bond acceptors (Lipinski definition) is 3. The van der Waals surface area contributed by atoms with E-state index >= 15 is 0 Å². The summed E-state index contributed by atoms with van der Waals surface area (Å²) >= 11 is 0. The topological polar surface area (TPSA) is 45.5 Å². The highest BCUT2D eigenvalue weighted by Crippen LogP contribution is 2.47. The Morgan fingerprint density at radius 1 is 1.63 bits per heavy atom. The van der Waals surface area contributed by atoms with E-state index in [1.165, 1.54) is 6.42 Å². The number of amides is 1. The number of likely N-dealkylation sites (N-methyl/N-ethyl adjacent to an activating group) is 1. The zero-order valence-electron chi connectivity index (χ0n) is 11.5. The Morgan fingerprint density at radius 3 is 3.00 bits per heavy atom. The van der Waals surface area contributed by atoms with Gasteiger partial charge >= 0.3 is 0 Å². The quantitative estimate of drug-likeness (QED) is 0.624. The molecular weight excluding hydrogens is 240 g/mol. The summed E-state index contributed by atoms with van der Waals surface area (Å²) in [5.74, 6) is 5.63. The Morgan fingerprint density at radius 2 is 2.37 bits per heavy atom. The van der Waals surface area contributed by atoms with Crippen LogP contribution in [0.3, 0.4) is 0 Å². The number of nitrogens with zero attached hydrogens (tertiary/aromatic N) is 1. The number of carbonyl (C=O) groups excluding carboxylic acids is 1. The first-order chi connectivity index (χ1) is 9.11. The van der Waals surface area contributed by atoms with E-state index in [2.05, 4.69) is 18.2 Å². The highest BCUT2D eigenvalue weighted by atomic mass is 16.3. The van der Waals surface area contributed by atoms with E-state index in [4.69, 9.17) is 10.8 Å². The minimum Gasteiger partial charge on any atom is -0.464 e. The average Bonchev–Trinajstić information content (AvgIpc) is 2.93. The molecule has 0 aliphatic heterocycles. The van der Waals surface area contributed by atoms with Crippen LogP contribution in [0.2, 0.25) is 0 Å². The first-order valence-electron chi connectivity index (χ1n) is 6.58. The molecule has 1 fully saturated rings. The van der Waals surface area contributed by atoms with Crippen molar-refractivity contribution in [2.24, 2.45) is 5.92 Å². The van der Waals surface area contributed by atoms with E-state index in [0.717, 1.165) is 17.4 Å². The van der Waals surface area contributed by atoms with Crippen molar-refractivity contribution in [3.63, 3.8) is 0 Å². The third-order valence-electron chi connectivity index (χ3n) is 3.48. The molecule has 0 spiro atoms. The Hall–Kier alpha value is -1.73. The summed E-state index contributed by atoms with van der Waals surface area (Å²) < 4.78 is 5.78. The Bertz CT molecular complexity index is 487. The van der Waals surface area contributed by atoms with Gasteiger partial charge in [0.05, 0.1) is 19.6 Å². The van der Waals surface area contributed by atoms with Crippen molar-refractivity contribution in [3.05, 3.63) is 23.7 Å². The normalized spacial score (nSPS) is 20.9. The van der Waals surface area contributed by atoms with Crippen molar-refractivity contribution in [2.45, 2.75) is 25.8 Å². The summed E-state index contributed by atoms with van der Waals surface area (Å²) in [5.41, 5.74) is 0. The molecule has 0 radical (unpaired) electrons. The summed E-state index contributed by atoms with van der Waals surface area (Å²) in [6.45, 7) is 3.38. The van der Waals surface area contributed by atoms with Crippen molar-refractivity contribution in [3.8, 4) is 12.3 Å². The number of nitrogens with one attached hydrogen (secondary N) is 1. The lowest BCUT2D eigenvalue weighted by molar-refractivity contribution is -0.129. The smallest absolute Gasteiger partial charge is 0.236 e. The van der Waals surface area contributed by atoms with Crippen molar-refractivity contribution in [1.82, 2.24) is 10.2 Å². The maximum Gasteiger partial charge on any atom is 0.236 e. The Labute approximate surface area is 114 Å². The van der Waals surface area contributed by atoms with E-state index in [9.17, 15) is 4.79 Å². The summed E-state index contributed by atoms with van der Waals surface area (Å²) in [4.78, 5) is 13.4. The predicted octanol–water partition coefficient (Wildman–Crippen LogP) is 1.58. The van der Waals surface area contributed by atoms with Crippen LogP contribution in [-0.2, 0) is 11.3 Å². The minimum atomic E-state index is 0.00740. The second kappa shape index (κ2) is 5.94. The largest absolute Gasteiger partial charge is 0.464 e. The van der Waals surface area contributed by atoms with Crippen molar-refractivity contribution >= 4 is 5.91 Å². The molecule has 1 saturated carbocycles. The molecule has 1 heterocycles. The minimum absolute atomic E-state index is 0.00740. The van der Waals surface area contributed by atoms with Gasteiger partial charge in [-0.25, -0.2) is 0 Å². The first-order valence-corrected chi connectivity index (χ1v) is 6.58. The zero-order valence-corrected chi connectivity index (χ0v) is 11.5. The highest BCUT2D eigenvalue weighted by molar-refractivity contribution is 5.77. The third-order valence-corrected chi connectivity index (χ3v) is 3.48. The molecule has 19 heavy (non-hydrogen) atoms. The van der Waals surface area contributed by atoms with Gasteiger partial charge in [0.15, 0.2) is 0 Å². The van der Waals surface area contributed by atoms with E-state index in [-0.39, 0.29) is 12.5 Å². The van der Waals surface area contributed by atoms with E-state index in [0.29, 0.717) is 19.0 Å². The van der Waals surface area contributed by atoms with Gasteiger partial charge in [-0.2, -0.15) is 0 Å². The lowest BCUT2D eigenvalue weighted by Gasteiger charge is -2.15. The molecule has 4 nitrogen and oxygen atoms in total. The fourth-order valence-electron chi connectivity index (χ4n) is 2.10. The molecule has 4 heteroatoms. The van der Waals surface area contributed by atoms with Gasteiger partial charge in [-0.15, -0.1) is 6.42 Å². The zero-order chi connectivity index (χ0) is 13.8. The van der Waals surface area contributed by atoms with Gasteiger partial charge in [-0.1, -0.05) is 12.8 Å². The molecule has 2 rings (SSSR count). The van der Waals surface area contributed by atoms with Crippen LogP contribution in [0.4, 0.5) is 0 Å². The van der Waals surface area contributed by atoms with Gasteiger partial charge in [0.2, 0.25) is 5.91 Å². The van der Waals surface area contributed by atoms with E-state index in [1.807, 2.05) is 12.1 Å². The number of carbonyl (C=O) groups is 1. The second-order valence-electron chi connectivity index (χ2n) is 5.18. The molecule has 0 bridgehead atoms. The van der Waals surface area contributed by atoms with Gasteiger partial charge < -0.3 is 9.32 Å². The molecule has 102 valence electrons. The number of terminal acetylenes is 1. The standard InChI is InChI=1S/C15H20N2O2/c1-4-7-16-9-15(18)17(3)10-12-5-6-14(19-12)13-8-11(13)2/h1,5-6,11,13,16H,7-10H2,2-3H3. The van der Waals surface area contributed by atoms with Crippen LogP contribution in [0.25, 0.3) is 0 Å². The summed E-state index contributed by atoms with van der Waals surface area (Å²) in [5, 5.41) is 2.88. The maximum absolute atomic E-state index is 11.8. The molecule has 0 saturated heterocycles.